The second-order valence-corrected chi connectivity index (χ2v) is 5.71. The average molecular weight is 295 g/mol. The SMILES string of the molecule is C/C=C/C=C(/C(=O)O)c1ccc(C2CCC(C#N)CC2)cc1. The van der Waals surface area contributed by atoms with Gasteiger partial charge in [-0.3, -0.25) is 0 Å². The highest BCUT2D eigenvalue weighted by Gasteiger charge is 2.22. The Labute approximate surface area is 131 Å². The number of nitriles is 1. The van der Waals surface area contributed by atoms with E-state index in [-0.39, 0.29) is 5.92 Å². The molecule has 0 bridgehead atoms. The fraction of sp³-hybridized carbons (Fsp3) is 0.368. The summed E-state index contributed by atoms with van der Waals surface area (Å²) < 4.78 is 0. The summed E-state index contributed by atoms with van der Waals surface area (Å²) in [6, 6.07) is 10.2. The third kappa shape index (κ3) is 3.85. The first kappa shape index (κ1) is 16.0. The van der Waals surface area contributed by atoms with Crippen LogP contribution < -0.4 is 0 Å². The Hall–Kier alpha value is -2.34. The summed E-state index contributed by atoms with van der Waals surface area (Å²) in [6.45, 7) is 1.86. The number of rotatable bonds is 4. The van der Waals surface area contributed by atoms with E-state index < -0.39 is 5.97 Å². The summed E-state index contributed by atoms with van der Waals surface area (Å²) in [5, 5.41) is 18.2. The topological polar surface area (TPSA) is 61.1 Å². The molecule has 0 spiro atoms. The van der Waals surface area contributed by atoms with Gasteiger partial charge in [-0.1, -0.05) is 36.4 Å². The molecule has 22 heavy (non-hydrogen) atoms. The summed E-state index contributed by atoms with van der Waals surface area (Å²) in [4.78, 5) is 11.3. The molecule has 0 unspecified atom stereocenters. The van der Waals surface area contributed by atoms with Crippen molar-refractivity contribution in [2.24, 2.45) is 5.92 Å². The van der Waals surface area contributed by atoms with Gasteiger partial charge in [-0.05, 0) is 55.7 Å². The van der Waals surface area contributed by atoms with E-state index in [1.165, 1.54) is 5.56 Å². The molecule has 3 nitrogen and oxygen atoms in total. The van der Waals surface area contributed by atoms with Crippen LogP contribution in [0.3, 0.4) is 0 Å². The minimum Gasteiger partial charge on any atom is -0.478 e. The molecule has 3 heteroatoms. The molecule has 2 rings (SSSR count). The van der Waals surface area contributed by atoms with Crippen LogP contribution in [0.5, 0.6) is 0 Å². The van der Waals surface area contributed by atoms with Crippen LogP contribution in [-0.2, 0) is 4.79 Å². The second kappa shape index (κ2) is 7.61. The Morgan fingerprint density at radius 1 is 1.23 bits per heavy atom. The van der Waals surface area contributed by atoms with Crippen LogP contribution in [0.4, 0.5) is 0 Å². The van der Waals surface area contributed by atoms with Gasteiger partial charge in [-0.15, -0.1) is 0 Å². The van der Waals surface area contributed by atoms with Crippen LogP contribution in [0.2, 0.25) is 0 Å². The van der Waals surface area contributed by atoms with Crippen molar-refractivity contribution in [3.8, 4) is 6.07 Å². The van der Waals surface area contributed by atoms with Crippen LogP contribution in [0, 0.1) is 17.2 Å². The zero-order chi connectivity index (χ0) is 15.9. The van der Waals surface area contributed by atoms with Crippen LogP contribution in [0.25, 0.3) is 5.57 Å². The Bertz CT molecular complexity index is 612. The Morgan fingerprint density at radius 3 is 2.36 bits per heavy atom. The highest BCUT2D eigenvalue weighted by molar-refractivity contribution is 6.15. The molecule has 114 valence electrons. The first-order valence-corrected chi connectivity index (χ1v) is 7.72. The molecule has 0 radical (unpaired) electrons. The smallest absolute Gasteiger partial charge is 0.336 e. The number of aliphatic carboxylic acids is 1. The van der Waals surface area contributed by atoms with Gasteiger partial charge in [0.2, 0.25) is 0 Å². The van der Waals surface area contributed by atoms with Gasteiger partial charge >= 0.3 is 5.97 Å². The minimum absolute atomic E-state index is 0.206. The summed E-state index contributed by atoms with van der Waals surface area (Å²) in [6.07, 6.45) is 9.17. The first-order valence-electron chi connectivity index (χ1n) is 7.72. The molecule has 1 N–H and O–H groups in total. The fourth-order valence-electron chi connectivity index (χ4n) is 2.97. The van der Waals surface area contributed by atoms with Crippen molar-refractivity contribution < 1.29 is 9.90 Å². The second-order valence-electron chi connectivity index (χ2n) is 5.71. The van der Waals surface area contributed by atoms with E-state index in [9.17, 15) is 9.90 Å². The summed E-state index contributed by atoms with van der Waals surface area (Å²) in [5.41, 5.74) is 2.27. The molecule has 1 saturated carbocycles. The average Bonchev–Trinajstić information content (AvgIpc) is 2.55. The van der Waals surface area contributed by atoms with Crippen molar-refractivity contribution in [1.82, 2.24) is 0 Å². The van der Waals surface area contributed by atoms with E-state index in [1.54, 1.807) is 12.2 Å². The van der Waals surface area contributed by atoms with Gasteiger partial charge in [0.1, 0.15) is 0 Å². The number of allylic oxidation sites excluding steroid dienone is 3. The zero-order valence-corrected chi connectivity index (χ0v) is 12.8. The molecule has 1 aliphatic carbocycles. The Balaban J connectivity index is 2.13. The fourth-order valence-corrected chi connectivity index (χ4v) is 2.97. The van der Waals surface area contributed by atoms with Crippen molar-refractivity contribution in [1.29, 1.82) is 5.26 Å². The highest BCUT2D eigenvalue weighted by Crippen LogP contribution is 2.35. The first-order chi connectivity index (χ1) is 10.7. The molecular weight excluding hydrogens is 274 g/mol. The summed E-state index contributed by atoms with van der Waals surface area (Å²) >= 11 is 0. The van der Waals surface area contributed by atoms with Crippen LogP contribution in [0.1, 0.15) is 49.7 Å². The molecule has 1 aromatic rings. The monoisotopic (exact) mass is 295 g/mol. The minimum atomic E-state index is -0.916. The number of nitrogens with zero attached hydrogens (tertiary/aromatic N) is 1. The molecule has 1 fully saturated rings. The van der Waals surface area contributed by atoms with Gasteiger partial charge in [-0.25, -0.2) is 4.79 Å². The maximum Gasteiger partial charge on any atom is 0.336 e. The number of carboxylic acid groups (broad SMARTS) is 1. The highest BCUT2D eigenvalue weighted by atomic mass is 16.4. The van der Waals surface area contributed by atoms with Crippen LogP contribution >= 0.6 is 0 Å². The van der Waals surface area contributed by atoms with Crippen molar-refractivity contribution in [3.05, 3.63) is 53.6 Å². The molecule has 0 heterocycles. The number of carbonyl (C=O) groups is 1. The van der Waals surface area contributed by atoms with Crippen molar-refractivity contribution in [2.45, 2.75) is 38.5 Å². The standard InChI is InChI=1S/C19H21NO2/c1-2-3-4-18(19(21)22)17-11-9-16(10-12-17)15-7-5-14(13-20)6-8-15/h2-4,9-12,14-15H,5-8H2,1H3,(H,21,22)/b3-2+,18-4+. The van der Waals surface area contributed by atoms with E-state index >= 15 is 0 Å². The number of hydrogen-bond acceptors (Lipinski definition) is 2. The molecule has 1 aliphatic rings. The number of benzene rings is 1. The predicted molar refractivity (Wildman–Crippen MR) is 87.2 cm³/mol. The van der Waals surface area contributed by atoms with Crippen molar-refractivity contribution >= 4 is 11.5 Å². The van der Waals surface area contributed by atoms with Crippen LogP contribution in [0.15, 0.2) is 42.5 Å². The third-order valence-electron chi connectivity index (χ3n) is 4.29. The molecule has 0 atom stereocenters. The van der Waals surface area contributed by atoms with Gasteiger partial charge in [0, 0.05) is 5.92 Å². The maximum atomic E-state index is 11.3. The van der Waals surface area contributed by atoms with E-state index in [0.717, 1.165) is 31.2 Å². The van der Waals surface area contributed by atoms with E-state index in [4.69, 9.17) is 5.26 Å². The molecule has 0 amide bonds. The lowest BCUT2D eigenvalue weighted by Crippen LogP contribution is -2.12. The van der Waals surface area contributed by atoms with E-state index in [2.05, 4.69) is 6.07 Å². The van der Waals surface area contributed by atoms with Gasteiger partial charge in [0.15, 0.2) is 0 Å². The normalized spacial score (nSPS) is 22.5. The van der Waals surface area contributed by atoms with Gasteiger partial charge < -0.3 is 5.11 Å². The summed E-state index contributed by atoms with van der Waals surface area (Å²) in [5.74, 6) is -0.218. The quantitative estimate of drug-likeness (QED) is 0.656. The Morgan fingerprint density at radius 2 is 1.86 bits per heavy atom. The molecule has 0 aliphatic heterocycles. The predicted octanol–water partition coefficient (Wildman–Crippen LogP) is 4.53. The molecule has 0 aromatic heterocycles. The number of hydrogen-bond donors (Lipinski definition) is 1. The van der Waals surface area contributed by atoms with Gasteiger partial charge in [-0.2, -0.15) is 5.26 Å². The lowest BCUT2D eigenvalue weighted by atomic mass is 9.79. The van der Waals surface area contributed by atoms with Gasteiger partial charge in [0.25, 0.3) is 0 Å². The molecule has 1 aromatic carbocycles. The van der Waals surface area contributed by atoms with Crippen molar-refractivity contribution in [2.75, 3.05) is 0 Å². The third-order valence-corrected chi connectivity index (χ3v) is 4.29. The van der Waals surface area contributed by atoms with Gasteiger partial charge in [0.05, 0.1) is 11.6 Å². The van der Waals surface area contributed by atoms with E-state index in [0.29, 0.717) is 11.5 Å². The van der Waals surface area contributed by atoms with E-state index in [1.807, 2.05) is 37.3 Å². The summed E-state index contributed by atoms with van der Waals surface area (Å²) in [7, 11) is 0. The largest absolute Gasteiger partial charge is 0.478 e. The maximum absolute atomic E-state index is 11.3. The number of carboxylic acids is 1. The lowest BCUT2D eigenvalue weighted by molar-refractivity contribution is -0.130. The zero-order valence-electron chi connectivity index (χ0n) is 12.8. The van der Waals surface area contributed by atoms with Crippen molar-refractivity contribution in [3.63, 3.8) is 0 Å². The van der Waals surface area contributed by atoms with Crippen LogP contribution in [-0.4, -0.2) is 11.1 Å². The molecular formula is C19H21NO2. The molecule has 0 saturated heterocycles. The Kier molecular flexibility index (Phi) is 5.55. The lowest BCUT2D eigenvalue weighted by Gasteiger charge is -2.25.